The van der Waals surface area contributed by atoms with Gasteiger partial charge in [-0.2, -0.15) is 0 Å². The van der Waals surface area contributed by atoms with E-state index in [1.54, 1.807) is 0 Å². The predicted molar refractivity (Wildman–Crippen MR) is 57.0 cm³/mol. The Morgan fingerprint density at radius 2 is 1.64 bits per heavy atom. The fourth-order valence-electron chi connectivity index (χ4n) is 3.39. The van der Waals surface area contributed by atoms with Gasteiger partial charge in [0.1, 0.15) is 0 Å². The van der Waals surface area contributed by atoms with Crippen LogP contribution in [0, 0.1) is 29.6 Å². The van der Waals surface area contributed by atoms with Gasteiger partial charge in [0.2, 0.25) is 0 Å². The fourth-order valence-corrected chi connectivity index (χ4v) is 3.39. The van der Waals surface area contributed by atoms with Gasteiger partial charge in [0.25, 0.3) is 0 Å². The highest BCUT2D eigenvalue weighted by Crippen LogP contribution is 2.41. The van der Waals surface area contributed by atoms with Crippen LogP contribution in [0.15, 0.2) is 0 Å². The first-order valence-corrected chi connectivity index (χ1v) is 5.66. The van der Waals surface area contributed by atoms with Crippen LogP contribution in [-0.4, -0.2) is 11.1 Å². The second-order valence-corrected chi connectivity index (χ2v) is 5.24. The third kappa shape index (κ3) is 2.28. The van der Waals surface area contributed by atoms with Crippen LogP contribution in [0.3, 0.4) is 0 Å². The van der Waals surface area contributed by atoms with E-state index in [1.807, 2.05) is 6.92 Å². The van der Waals surface area contributed by atoms with Crippen LogP contribution in [0.4, 0.5) is 0 Å². The third-order valence-electron chi connectivity index (χ3n) is 3.83. The number of aliphatic carboxylic acids is 1. The van der Waals surface area contributed by atoms with Gasteiger partial charge in [-0.3, -0.25) is 4.79 Å². The molecule has 0 heterocycles. The number of carboxylic acid groups (broad SMARTS) is 1. The van der Waals surface area contributed by atoms with Gasteiger partial charge in [0.15, 0.2) is 0 Å². The summed E-state index contributed by atoms with van der Waals surface area (Å²) in [6.07, 6.45) is 2.37. The summed E-state index contributed by atoms with van der Waals surface area (Å²) in [5, 5.41) is 9.04. The van der Waals surface area contributed by atoms with Gasteiger partial charge in [-0.25, -0.2) is 0 Å². The van der Waals surface area contributed by atoms with Gasteiger partial charge in [-0.05, 0) is 36.5 Å². The molecule has 0 aromatic heterocycles. The van der Waals surface area contributed by atoms with Crippen molar-refractivity contribution in [2.75, 3.05) is 0 Å². The second-order valence-electron chi connectivity index (χ2n) is 5.24. The topological polar surface area (TPSA) is 37.3 Å². The standard InChI is InChI=1S/C12H22O2/c1-7-5-8(2)11(9(3)6-7)10(4)12(13)14/h7-11H,5-6H2,1-4H3,(H,13,14). The molecule has 0 aromatic rings. The third-order valence-corrected chi connectivity index (χ3v) is 3.83. The van der Waals surface area contributed by atoms with Crippen LogP contribution >= 0.6 is 0 Å². The molecule has 0 aromatic carbocycles. The molecule has 0 spiro atoms. The van der Waals surface area contributed by atoms with Crippen molar-refractivity contribution in [1.29, 1.82) is 0 Å². The SMILES string of the molecule is CC1CC(C)C(C(C)C(=O)O)C(C)C1. The molecule has 1 fully saturated rings. The first kappa shape index (κ1) is 11.5. The maximum Gasteiger partial charge on any atom is 0.306 e. The Bertz CT molecular complexity index is 200. The Kier molecular flexibility index (Phi) is 3.57. The molecule has 2 nitrogen and oxygen atoms in total. The molecule has 3 atom stereocenters. The monoisotopic (exact) mass is 198 g/mol. The summed E-state index contributed by atoms with van der Waals surface area (Å²) in [4.78, 5) is 11.0. The number of rotatable bonds is 2. The summed E-state index contributed by atoms with van der Waals surface area (Å²) in [6.45, 7) is 8.54. The molecule has 0 radical (unpaired) electrons. The maximum absolute atomic E-state index is 11.0. The van der Waals surface area contributed by atoms with Crippen molar-refractivity contribution in [2.24, 2.45) is 29.6 Å². The zero-order valence-electron chi connectivity index (χ0n) is 9.66. The molecule has 0 amide bonds. The van der Waals surface area contributed by atoms with Crippen molar-refractivity contribution < 1.29 is 9.90 Å². The summed E-state index contributed by atoms with van der Waals surface area (Å²) in [5.74, 6) is 1.41. The molecule has 1 saturated carbocycles. The first-order valence-electron chi connectivity index (χ1n) is 5.66. The molecule has 0 aliphatic heterocycles. The summed E-state index contributed by atoms with van der Waals surface area (Å²) >= 11 is 0. The molecular weight excluding hydrogens is 176 g/mol. The van der Waals surface area contributed by atoms with Gasteiger partial charge in [0.05, 0.1) is 5.92 Å². The van der Waals surface area contributed by atoms with E-state index in [-0.39, 0.29) is 5.92 Å². The lowest BCUT2D eigenvalue weighted by molar-refractivity contribution is -0.145. The van der Waals surface area contributed by atoms with Crippen LogP contribution in [-0.2, 0) is 4.79 Å². The van der Waals surface area contributed by atoms with E-state index < -0.39 is 5.97 Å². The molecule has 0 bridgehead atoms. The molecular formula is C12H22O2. The maximum atomic E-state index is 11.0. The van der Waals surface area contributed by atoms with E-state index in [4.69, 9.17) is 5.11 Å². The molecule has 14 heavy (non-hydrogen) atoms. The average Bonchev–Trinajstić information content (AvgIpc) is 2.01. The summed E-state index contributed by atoms with van der Waals surface area (Å²) in [5.41, 5.74) is 0. The summed E-state index contributed by atoms with van der Waals surface area (Å²) in [6, 6.07) is 0. The Hall–Kier alpha value is -0.530. The normalized spacial score (nSPS) is 40.6. The number of hydrogen-bond donors (Lipinski definition) is 1. The van der Waals surface area contributed by atoms with Gasteiger partial charge in [-0.15, -0.1) is 0 Å². The van der Waals surface area contributed by atoms with Gasteiger partial charge < -0.3 is 5.11 Å². The van der Waals surface area contributed by atoms with Crippen molar-refractivity contribution in [1.82, 2.24) is 0 Å². The smallest absolute Gasteiger partial charge is 0.306 e. The van der Waals surface area contributed by atoms with Crippen molar-refractivity contribution >= 4 is 5.97 Å². The minimum atomic E-state index is -0.636. The van der Waals surface area contributed by atoms with E-state index in [0.29, 0.717) is 17.8 Å². The number of carboxylic acids is 1. The van der Waals surface area contributed by atoms with E-state index in [9.17, 15) is 4.79 Å². The van der Waals surface area contributed by atoms with Crippen LogP contribution in [0.1, 0.15) is 40.5 Å². The predicted octanol–water partition coefficient (Wildman–Crippen LogP) is 3.03. The molecule has 2 heteroatoms. The first-order chi connectivity index (χ1) is 6.43. The van der Waals surface area contributed by atoms with E-state index in [1.165, 1.54) is 12.8 Å². The van der Waals surface area contributed by atoms with E-state index in [0.717, 1.165) is 5.92 Å². The molecule has 1 N–H and O–H groups in total. The minimum absolute atomic E-state index is 0.188. The Morgan fingerprint density at radius 3 is 2.00 bits per heavy atom. The minimum Gasteiger partial charge on any atom is -0.481 e. The Balaban J connectivity index is 2.71. The van der Waals surface area contributed by atoms with Crippen LogP contribution in [0.2, 0.25) is 0 Å². The van der Waals surface area contributed by atoms with Crippen molar-refractivity contribution in [3.8, 4) is 0 Å². The van der Waals surface area contributed by atoms with Crippen molar-refractivity contribution in [3.05, 3.63) is 0 Å². The van der Waals surface area contributed by atoms with Gasteiger partial charge in [-0.1, -0.05) is 27.7 Å². The van der Waals surface area contributed by atoms with Crippen molar-refractivity contribution in [2.45, 2.75) is 40.5 Å². The zero-order valence-corrected chi connectivity index (χ0v) is 9.66. The Labute approximate surface area is 86.7 Å². The fraction of sp³-hybridized carbons (Fsp3) is 0.917. The molecule has 1 aliphatic carbocycles. The summed E-state index contributed by atoms with van der Waals surface area (Å²) in [7, 11) is 0. The van der Waals surface area contributed by atoms with E-state index >= 15 is 0 Å². The zero-order chi connectivity index (χ0) is 10.9. The highest BCUT2D eigenvalue weighted by Gasteiger charge is 2.37. The van der Waals surface area contributed by atoms with Crippen LogP contribution < -0.4 is 0 Å². The quantitative estimate of drug-likeness (QED) is 0.740. The lowest BCUT2D eigenvalue weighted by Gasteiger charge is -2.40. The molecule has 3 unspecified atom stereocenters. The van der Waals surface area contributed by atoms with Crippen LogP contribution in [0.25, 0.3) is 0 Å². The highest BCUT2D eigenvalue weighted by atomic mass is 16.4. The molecule has 1 aliphatic rings. The molecule has 82 valence electrons. The van der Waals surface area contributed by atoms with Crippen molar-refractivity contribution in [3.63, 3.8) is 0 Å². The van der Waals surface area contributed by atoms with Gasteiger partial charge in [0, 0.05) is 0 Å². The van der Waals surface area contributed by atoms with Gasteiger partial charge >= 0.3 is 5.97 Å². The lowest BCUT2D eigenvalue weighted by atomic mass is 9.65. The Morgan fingerprint density at radius 1 is 1.21 bits per heavy atom. The number of carbonyl (C=O) groups is 1. The lowest BCUT2D eigenvalue weighted by Crippen LogP contribution is -2.36. The summed E-state index contributed by atoms with van der Waals surface area (Å²) < 4.78 is 0. The largest absolute Gasteiger partial charge is 0.481 e. The molecule has 1 rings (SSSR count). The van der Waals surface area contributed by atoms with Crippen LogP contribution in [0.5, 0.6) is 0 Å². The number of hydrogen-bond acceptors (Lipinski definition) is 1. The second kappa shape index (κ2) is 4.33. The highest BCUT2D eigenvalue weighted by molar-refractivity contribution is 5.70. The van der Waals surface area contributed by atoms with E-state index in [2.05, 4.69) is 20.8 Å². The molecule has 0 saturated heterocycles. The average molecular weight is 198 g/mol.